The number of rotatable bonds is 13. The SMILES string of the molecule is CC(C)(N)C(=O)NC(COCc1ccccc1)C(=O)Nc1cn(C(C(=O)OCc2ccccc2)c2ccccc2)cn1. The molecule has 0 saturated carbocycles. The van der Waals surface area contributed by atoms with Gasteiger partial charge in [-0.2, -0.15) is 0 Å². The van der Waals surface area contributed by atoms with E-state index in [1.54, 1.807) is 18.4 Å². The second kappa shape index (κ2) is 14.2. The van der Waals surface area contributed by atoms with Crippen molar-refractivity contribution < 1.29 is 23.9 Å². The minimum Gasteiger partial charge on any atom is -0.459 e. The summed E-state index contributed by atoms with van der Waals surface area (Å²) in [5.41, 5.74) is 7.21. The van der Waals surface area contributed by atoms with Gasteiger partial charge in [-0.05, 0) is 30.5 Å². The normalized spacial score (nSPS) is 12.6. The molecule has 0 spiro atoms. The first-order valence-electron chi connectivity index (χ1n) is 13.5. The number of nitrogens with zero attached hydrogens (tertiary/aromatic N) is 2. The zero-order valence-electron chi connectivity index (χ0n) is 23.6. The summed E-state index contributed by atoms with van der Waals surface area (Å²) in [7, 11) is 0. The maximum absolute atomic E-state index is 13.3. The largest absolute Gasteiger partial charge is 0.459 e. The molecule has 10 nitrogen and oxygen atoms in total. The Bertz CT molecular complexity index is 1450. The van der Waals surface area contributed by atoms with Crippen LogP contribution in [0.1, 0.15) is 36.6 Å². The summed E-state index contributed by atoms with van der Waals surface area (Å²) >= 11 is 0. The van der Waals surface area contributed by atoms with E-state index in [1.165, 1.54) is 12.5 Å². The second-order valence-corrected chi connectivity index (χ2v) is 10.4. The van der Waals surface area contributed by atoms with Crippen LogP contribution in [0.3, 0.4) is 0 Å². The molecule has 10 heteroatoms. The van der Waals surface area contributed by atoms with Gasteiger partial charge >= 0.3 is 5.97 Å². The molecule has 2 amide bonds. The highest BCUT2D eigenvalue weighted by Crippen LogP contribution is 2.22. The summed E-state index contributed by atoms with van der Waals surface area (Å²) in [4.78, 5) is 43.4. The fraction of sp³-hybridized carbons (Fsp3) is 0.250. The molecule has 218 valence electrons. The molecule has 4 aromatic rings. The molecule has 3 aromatic carbocycles. The monoisotopic (exact) mass is 569 g/mol. The number of benzene rings is 3. The number of amides is 2. The van der Waals surface area contributed by atoms with Crippen molar-refractivity contribution in [3.05, 3.63) is 120 Å². The van der Waals surface area contributed by atoms with E-state index in [0.717, 1.165) is 11.1 Å². The van der Waals surface area contributed by atoms with Crippen molar-refractivity contribution in [3.63, 3.8) is 0 Å². The molecule has 0 bridgehead atoms. The van der Waals surface area contributed by atoms with E-state index in [1.807, 2.05) is 91.0 Å². The van der Waals surface area contributed by atoms with Crippen LogP contribution in [0.5, 0.6) is 0 Å². The van der Waals surface area contributed by atoms with Gasteiger partial charge in [0.25, 0.3) is 5.91 Å². The maximum Gasteiger partial charge on any atom is 0.334 e. The van der Waals surface area contributed by atoms with Crippen molar-refractivity contribution in [2.75, 3.05) is 11.9 Å². The molecule has 1 aromatic heterocycles. The van der Waals surface area contributed by atoms with Gasteiger partial charge in [-0.25, -0.2) is 9.78 Å². The topological polar surface area (TPSA) is 138 Å². The third-order valence-electron chi connectivity index (χ3n) is 6.32. The van der Waals surface area contributed by atoms with Gasteiger partial charge in [-0.15, -0.1) is 0 Å². The molecule has 2 unspecified atom stereocenters. The van der Waals surface area contributed by atoms with E-state index in [2.05, 4.69) is 15.6 Å². The summed E-state index contributed by atoms with van der Waals surface area (Å²) in [5, 5.41) is 5.37. The number of nitrogens with one attached hydrogen (secondary N) is 2. The van der Waals surface area contributed by atoms with E-state index in [0.29, 0.717) is 5.56 Å². The van der Waals surface area contributed by atoms with Crippen LogP contribution in [-0.4, -0.2) is 45.5 Å². The molecular weight excluding hydrogens is 534 g/mol. The van der Waals surface area contributed by atoms with E-state index in [4.69, 9.17) is 15.2 Å². The molecule has 0 saturated heterocycles. The van der Waals surface area contributed by atoms with Crippen molar-refractivity contribution in [2.45, 2.75) is 44.7 Å². The number of carbonyl (C=O) groups excluding carboxylic acids is 3. The molecule has 0 aliphatic rings. The van der Waals surface area contributed by atoms with Crippen LogP contribution < -0.4 is 16.4 Å². The standard InChI is InChI=1S/C32H35N5O5/c1-32(2,33)31(40)35-26(21-41-19-23-12-6-3-7-13-23)29(38)36-27-18-37(22-34-27)28(25-16-10-5-11-17-25)30(39)42-20-24-14-8-4-9-15-24/h3-18,22,26,28H,19-21,33H2,1-2H3,(H,35,40)(H,36,38). The van der Waals surface area contributed by atoms with Crippen LogP contribution in [0.4, 0.5) is 5.82 Å². The number of hydrogen-bond acceptors (Lipinski definition) is 7. The minimum absolute atomic E-state index is 0.0955. The predicted molar refractivity (Wildman–Crippen MR) is 158 cm³/mol. The average molecular weight is 570 g/mol. The number of imidazole rings is 1. The molecule has 0 aliphatic carbocycles. The van der Waals surface area contributed by atoms with E-state index < -0.39 is 35.4 Å². The van der Waals surface area contributed by atoms with Crippen LogP contribution in [0.2, 0.25) is 0 Å². The van der Waals surface area contributed by atoms with Crippen LogP contribution in [0.15, 0.2) is 104 Å². The van der Waals surface area contributed by atoms with Crippen molar-refractivity contribution in [2.24, 2.45) is 5.73 Å². The number of ether oxygens (including phenoxy) is 2. The van der Waals surface area contributed by atoms with Gasteiger partial charge < -0.3 is 30.4 Å². The Kier molecular flexibility index (Phi) is 10.2. The molecule has 0 aliphatic heterocycles. The number of anilines is 1. The lowest BCUT2D eigenvalue weighted by Crippen LogP contribution is -2.56. The molecule has 4 rings (SSSR count). The molecular formula is C32H35N5O5. The molecule has 0 radical (unpaired) electrons. The lowest BCUT2D eigenvalue weighted by molar-refractivity contribution is -0.147. The lowest BCUT2D eigenvalue weighted by Gasteiger charge is -2.23. The average Bonchev–Trinajstić information content (AvgIpc) is 3.44. The molecule has 42 heavy (non-hydrogen) atoms. The highest BCUT2D eigenvalue weighted by atomic mass is 16.5. The van der Waals surface area contributed by atoms with Crippen molar-refractivity contribution >= 4 is 23.6 Å². The highest BCUT2D eigenvalue weighted by Gasteiger charge is 2.29. The van der Waals surface area contributed by atoms with Gasteiger partial charge in [-0.3, -0.25) is 9.59 Å². The van der Waals surface area contributed by atoms with Crippen LogP contribution >= 0.6 is 0 Å². The molecule has 1 heterocycles. The van der Waals surface area contributed by atoms with E-state index in [-0.39, 0.29) is 25.6 Å². The first-order chi connectivity index (χ1) is 20.2. The fourth-order valence-corrected chi connectivity index (χ4v) is 4.02. The maximum atomic E-state index is 13.3. The number of carbonyl (C=O) groups is 3. The zero-order chi connectivity index (χ0) is 30.0. The highest BCUT2D eigenvalue weighted by molar-refractivity contribution is 5.98. The predicted octanol–water partition coefficient (Wildman–Crippen LogP) is 3.59. The summed E-state index contributed by atoms with van der Waals surface area (Å²) in [6.07, 6.45) is 2.98. The Labute approximate surface area is 244 Å². The van der Waals surface area contributed by atoms with Crippen LogP contribution in [0.25, 0.3) is 0 Å². The van der Waals surface area contributed by atoms with Gasteiger partial charge in [0.05, 0.1) is 25.1 Å². The van der Waals surface area contributed by atoms with E-state index in [9.17, 15) is 14.4 Å². The van der Waals surface area contributed by atoms with Crippen molar-refractivity contribution in [1.82, 2.24) is 14.9 Å². The first kappa shape index (κ1) is 30.2. The van der Waals surface area contributed by atoms with Gasteiger partial charge in [0.1, 0.15) is 12.6 Å². The van der Waals surface area contributed by atoms with Crippen molar-refractivity contribution in [3.8, 4) is 0 Å². The summed E-state index contributed by atoms with van der Waals surface area (Å²) in [5.74, 6) is -1.35. The summed E-state index contributed by atoms with van der Waals surface area (Å²) < 4.78 is 13.0. The third kappa shape index (κ3) is 8.60. The number of esters is 1. The molecule has 2 atom stereocenters. The van der Waals surface area contributed by atoms with Gasteiger partial charge in [-0.1, -0.05) is 91.0 Å². The van der Waals surface area contributed by atoms with Crippen molar-refractivity contribution in [1.29, 1.82) is 0 Å². The molecule has 4 N–H and O–H groups in total. The summed E-state index contributed by atoms with van der Waals surface area (Å²) in [6.45, 7) is 3.37. The third-order valence-corrected chi connectivity index (χ3v) is 6.32. The van der Waals surface area contributed by atoms with Crippen LogP contribution in [0, 0.1) is 0 Å². The van der Waals surface area contributed by atoms with Gasteiger partial charge in [0.2, 0.25) is 5.91 Å². The smallest absolute Gasteiger partial charge is 0.334 e. The minimum atomic E-state index is -1.21. The fourth-order valence-electron chi connectivity index (χ4n) is 4.02. The van der Waals surface area contributed by atoms with Crippen LogP contribution in [-0.2, 0) is 37.1 Å². The second-order valence-electron chi connectivity index (χ2n) is 10.4. The lowest BCUT2D eigenvalue weighted by atomic mass is 10.1. The zero-order valence-corrected chi connectivity index (χ0v) is 23.6. The van der Waals surface area contributed by atoms with E-state index >= 15 is 0 Å². The number of hydrogen-bond donors (Lipinski definition) is 3. The van der Waals surface area contributed by atoms with Gasteiger partial charge in [0.15, 0.2) is 11.9 Å². The number of nitrogens with two attached hydrogens (primary N) is 1. The van der Waals surface area contributed by atoms with Gasteiger partial charge in [0, 0.05) is 6.20 Å². The number of aromatic nitrogens is 2. The Balaban J connectivity index is 1.47. The Morgan fingerprint density at radius 2 is 1.45 bits per heavy atom. The quantitative estimate of drug-likeness (QED) is 0.209. The Morgan fingerprint density at radius 1 is 0.881 bits per heavy atom. The molecule has 0 fully saturated rings. The summed E-state index contributed by atoms with van der Waals surface area (Å²) in [6, 6.07) is 26.1. The Hall–Kier alpha value is -4.80. The first-order valence-corrected chi connectivity index (χ1v) is 13.5. The Morgan fingerprint density at radius 3 is 2.05 bits per heavy atom.